The monoisotopic (exact) mass is 814 g/mol. The second-order valence-corrected chi connectivity index (χ2v) is 19.2. The first-order valence-electron chi connectivity index (χ1n) is 22.7. The van der Waals surface area contributed by atoms with Crippen molar-refractivity contribution in [3.05, 3.63) is 194 Å². The molecular formula is C58H40B2N4. The van der Waals surface area contributed by atoms with Crippen molar-refractivity contribution >= 4 is 124 Å². The molecule has 2 aromatic heterocycles. The highest BCUT2D eigenvalue weighted by molar-refractivity contribution is 7.01. The Bertz CT molecular complexity index is 3860. The molecule has 0 aliphatic carbocycles. The molecule has 0 spiro atoms. The molecule has 0 atom stereocenters. The van der Waals surface area contributed by atoms with Gasteiger partial charge in [-0.3, -0.25) is 0 Å². The minimum Gasteiger partial charge on any atom is -0.311 e. The summed E-state index contributed by atoms with van der Waals surface area (Å²) in [5.41, 5.74) is 24.5. The zero-order chi connectivity index (χ0) is 42.2. The first-order valence-corrected chi connectivity index (χ1v) is 22.7. The van der Waals surface area contributed by atoms with Crippen LogP contribution in [0, 0.1) is 0 Å². The zero-order valence-electron chi connectivity index (χ0n) is 35.8. The number of aromatic nitrogens is 2. The van der Waals surface area contributed by atoms with Gasteiger partial charge in [-0.1, -0.05) is 142 Å². The summed E-state index contributed by atoms with van der Waals surface area (Å²) < 4.78 is 5.31. The Morgan fingerprint density at radius 3 is 1.58 bits per heavy atom. The van der Waals surface area contributed by atoms with Crippen LogP contribution in [-0.4, -0.2) is 22.6 Å². The minimum absolute atomic E-state index is 0.0283. The number of benzene rings is 9. The Labute approximate surface area is 372 Å². The largest absolute Gasteiger partial charge is 0.311 e. The van der Waals surface area contributed by atoms with Crippen LogP contribution in [0.15, 0.2) is 188 Å². The average molecular weight is 815 g/mol. The summed E-state index contributed by atoms with van der Waals surface area (Å²) in [6, 6.07) is 71.0. The number of rotatable bonds is 2. The third-order valence-corrected chi connectivity index (χ3v) is 15.0. The summed E-state index contributed by atoms with van der Waals surface area (Å²) in [4.78, 5) is 5.03. The molecule has 15 rings (SSSR count). The molecule has 0 bridgehead atoms. The van der Waals surface area contributed by atoms with Gasteiger partial charge < -0.3 is 18.9 Å². The topological polar surface area (TPSA) is 16.3 Å². The van der Waals surface area contributed by atoms with Crippen LogP contribution in [0.1, 0.15) is 26.3 Å². The van der Waals surface area contributed by atoms with Crippen LogP contribution in [0.2, 0.25) is 0 Å². The van der Waals surface area contributed by atoms with E-state index in [2.05, 4.69) is 228 Å². The van der Waals surface area contributed by atoms with Crippen LogP contribution < -0.4 is 42.6 Å². The lowest BCUT2D eigenvalue weighted by Gasteiger charge is -2.41. The molecule has 6 heteroatoms. The van der Waals surface area contributed by atoms with Crippen LogP contribution in [0.3, 0.4) is 0 Å². The lowest BCUT2D eigenvalue weighted by Crippen LogP contribution is -2.60. The quantitative estimate of drug-likeness (QED) is 0.162. The standard InChI is InChI=1S/C58H40B2N4/c1-58(2,3)35-32-50-53-51(33-35)63-45-26-14-10-22-39(45)52-55-40(34-44(57(52)63)60(53)42-24-12-16-28-47(42)62(50)37-20-8-5-9-21-37)38-30-31-49-54-56(38)64(55)48-29-17-13-25-43(48)59(54)41-23-11-15-27-46(41)61(49)36-18-6-4-7-19-36/h4-34H,1-3H3. The van der Waals surface area contributed by atoms with Crippen LogP contribution in [0.5, 0.6) is 0 Å². The molecule has 0 amide bonds. The van der Waals surface area contributed by atoms with E-state index in [0.717, 1.165) is 0 Å². The van der Waals surface area contributed by atoms with E-state index >= 15 is 0 Å². The molecule has 0 saturated carbocycles. The molecule has 4 aliphatic rings. The van der Waals surface area contributed by atoms with Crippen LogP contribution in [0.4, 0.5) is 34.1 Å². The van der Waals surface area contributed by atoms with Gasteiger partial charge in [-0.25, -0.2) is 0 Å². The fourth-order valence-corrected chi connectivity index (χ4v) is 12.4. The van der Waals surface area contributed by atoms with E-state index in [1.807, 2.05) is 0 Å². The lowest BCUT2D eigenvalue weighted by atomic mass is 9.33. The van der Waals surface area contributed by atoms with Crippen molar-refractivity contribution in [3.63, 3.8) is 0 Å². The van der Waals surface area contributed by atoms with Gasteiger partial charge in [0.05, 0.1) is 22.1 Å². The molecule has 0 saturated heterocycles. The van der Waals surface area contributed by atoms with Gasteiger partial charge in [0.2, 0.25) is 0 Å². The number of para-hydroxylation sites is 6. The predicted molar refractivity (Wildman–Crippen MR) is 272 cm³/mol. The number of hydrogen-bond acceptors (Lipinski definition) is 2. The van der Waals surface area contributed by atoms with Gasteiger partial charge in [-0.2, -0.15) is 0 Å². The van der Waals surface area contributed by atoms with Crippen molar-refractivity contribution < 1.29 is 0 Å². The van der Waals surface area contributed by atoms with Gasteiger partial charge in [-0.15, -0.1) is 0 Å². The van der Waals surface area contributed by atoms with Gasteiger partial charge in [0, 0.05) is 67.0 Å². The molecule has 298 valence electrons. The van der Waals surface area contributed by atoms with Crippen molar-refractivity contribution in [2.45, 2.75) is 26.2 Å². The summed E-state index contributed by atoms with van der Waals surface area (Å²) >= 11 is 0. The Hall–Kier alpha value is -7.69. The molecule has 11 aromatic rings. The van der Waals surface area contributed by atoms with Crippen molar-refractivity contribution in [2.24, 2.45) is 0 Å². The second kappa shape index (κ2) is 12.1. The fourth-order valence-electron chi connectivity index (χ4n) is 12.4. The van der Waals surface area contributed by atoms with Gasteiger partial charge in [0.1, 0.15) is 0 Å². The highest BCUT2D eigenvalue weighted by Crippen LogP contribution is 2.48. The number of nitrogens with zero attached hydrogens (tertiary/aromatic N) is 4. The van der Waals surface area contributed by atoms with E-state index in [1.54, 1.807) is 0 Å². The predicted octanol–water partition coefficient (Wildman–Crippen LogP) is 10.4. The highest BCUT2D eigenvalue weighted by Gasteiger charge is 2.46. The average Bonchev–Trinajstić information content (AvgIpc) is 3.86. The molecule has 64 heavy (non-hydrogen) atoms. The molecule has 0 N–H and O–H groups in total. The Kier molecular flexibility index (Phi) is 6.57. The Morgan fingerprint density at radius 1 is 0.359 bits per heavy atom. The molecular weight excluding hydrogens is 774 g/mol. The van der Waals surface area contributed by atoms with E-state index in [1.165, 1.54) is 127 Å². The summed E-state index contributed by atoms with van der Waals surface area (Å²) in [7, 11) is 0. The van der Waals surface area contributed by atoms with E-state index in [4.69, 9.17) is 0 Å². The van der Waals surface area contributed by atoms with Crippen molar-refractivity contribution in [2.75, 3.05) is 9.80 Å². The van der Waals surface area contributed by atoms with E-state index in [-0.39, 0.29) is 18.8 Å². The van der Waals surface area contributed by atoms with E-state index in [9.17, 15) is 0 Å². The van der Waals surface area contributed by atoms with Crippen LogP contribution in [0.25, 0.3) is 55.0 Å². The fraction of sp³-hybridized carbons (Fsp3) is 0.0690. The van der Waals surface area contributed by atoms with Gasteiger partial charge in [-0.05, 0) is 110 Å². The number of hydrogen-bond donors (Lipinski definition) is 0. The van der Waals surface area contributed by atoms with E-state index in [0.29, 0.717) is 0 Å². The zero-order valence-corrected chi connectivity index (χ0v) is 35.8. The first kappa shape index (κ1) is 34.8. The van der Waals surface area contributed by atoms with Crippen LogP contribution >= 0.6 is 0 Å². The van der Waals surface area contributed by atoms with Crippen molar-refractivity contribution in [1.82, 2.24) is 9.13 Å². The SMILES string of the molecule is CC(C)(C)c1cc2c3c(c1)-n1c4ccccc4c4c1c(cc1c5ccc6c7c5n(c14)-c1ccccc1B7c1ccccc1N6c1ccccc1)B3c1ccccc1N2c1ccccc1. The first-order chi connectivity index (χ1) is 31.5. The highest BCUT2D eigenvalue weighted by atomic mass is 15.2. The van der Waals surface area contributed by atoms with Gasteiger partial charge in [0.25, 0.3) is 13.4 Å². The summed E-state index contributed by atoms with van der Waals surface area (Å²) in [6.07, 6.45) is 0. The smallest absolute Gasteiger partial charge is 0.252 e. The third-order valence-electron chi connectivity index (χ3n) is 15.0. The summed E-state index contributed by atoms with van der Waals surface area (Å²) in [5.74, 6) is 0. The molecule has 9 aromatic carbocycles. The van der Waals surface area contributed by atoms with Gasteiger partial charge >= 0.3 is 0 Å². The van der Waals surface area contributed by atoms with Gasteiger partial charge in [0.15, 0.2) is 0 Å². The van der Waals surface area contributed by atoms with Crippen molar-refractivity contribution in [1.29, 1.82) is 0 Å². The van der Waals surface area contributed by atoms with Crippen LogP contribution in [-0.2, 0) is 5.41 Å². The van der Waals surface area contributed by atoms with E-state index < -0.39 is 0 Å². The molecule has 0 unspecified atom stereocenters. The second-order valence-electron chi connectivity index (χ2n) is 19.2. The molecule has 4 aliphatic heterocycles. The molecule has 4 nitrogen and oxygen atoms in total. The minimum atomic E-state index is -0.0817. The molecule has 6 heterocycles. The summed E-state index contributed by atoms with van der Waals surface area (Å²) in [5, 5.41) is 5.23. The van der Waals surface area contributed by atoms with Crippen molar-refractivity contribution in [3.8, 4) is 11.4 Å². The Morgan fingerprint density at radius 2 is 0.906 bits per heavy atom. The molecule has 0 radical (unpaired) electrons. The normalized spacial score (nSPS) is 14.0. The molecule has 0 fully saturated rings. The summed E-state index contributed by atoms with van der Waals surface area (Å²) in [6.45, 7) is 7.18. The number of fused-ring (bicyclic) bond motifs is 16. The third kappa shape index (κ3) is 4.22. The number of anilines is 6. The maximum atomic E-state index is 2.67. The maximum absolute atomic E-state index is 2.67. The maximum Gasteiger partial charge on any atom is 0.252 e. The lowest BCUT2D eigenvalue weighted by molar-refractivity contribution is 0.590. The Balaban J connectivity index is 1.15.